The number of benzene rings is 1. The normalized spacial score (nSPS) is 14.1. The first-order valence-electron chi connectivity index (χ1n) is 6.62. The molecule has 0 radical (unpaired) electrons. The molecule has 1 N–H and O–H groups in total. The quantitative estimate of drug-likeness (QED) is 0.830. The molecule has 1 rings (SSSR count). The second-order valence-electron chi connectivity index (χ2n) is 6.59. The highest BCUT2D eigenvalue weighted by molar-refractivity contribution is 6.21. The third-order valence-corrected chi connectivity index (χ3v) is 3.96. The zero-order valence-corrected chi connectivity index (χ0v) is 13.4. The number of nitrogens with one attached hydrogen (secondary N) is 1. The third-order valence-electron chi connectivity index (χ3n) is 3.41. The van der Waals surface area contributed by atoms with Crippen LogP contribution in [-0.2, 0) is 5.41 Å². The summed E-state index contributed by atoms with van der Waals surface area (Å²) in [5.41, 5.74) is 1.26. The van der Waals surface area contributed by atoms with Crippen molar-refractivity contribution in [2.24, 2.45) is 0 Å². The van der Waals surface area contributed by atoms with E-state index < -0.39 is 5.54 Å². The Morgan fingerprint density at radius 2 is 1.68 bits per heavy atom. The predicted molar refractivity (Wildman–Crippen MR) is 82.0 cm³/mol. The van der Waals surface area contributed by atoms with Crippen molar-refractivity contribution in [3.8, 4) is 0 Å². The Balaban J connectivity index is 3.08. The minimum atomic E-state index is -0.441. The van der Waals surface area contributed by atoms with Crippen LogP contribution in [0.1, 0.15) is 57.5 Å². The molecule has 1 unspecified atom stereocenters. The zero-order valence-electron chi connectivity index (χ0n) is 12.7. The zero-order chi connectivity index (χ0) is 14.8. The first-order chi connectivity index (χ1) is 8.55. The van der Waals surface area contributed by atoms with Gasteiger partial charge in [0, 0.05) is 5.56 Å². The van der Waals surface area contributed by atoms with Crippen LogP contribution in [0.2, 0.25) is 0 Å². The molecule has 0 aliphatic heterocycles. The second-order valence-corrected chi connectivity index (χ2v) is 7.24. The van der Waals surface area contributed by atoms with E-state index in [1.54, 1.807) is 0 Å². The fourth-order valence-electron chi connectivity index (χ4n) is 1.79. The predicted octanol–water partition coefficient (Wildman–Crippen LogP) is 4.12. The van der Waals surface area contributed by atoms with E-state index >= 15 is 0 Å². The van der Waals surface area contributed by atoms with Gasteiger partial charge < -0.3 is 5.32 Å². The summed E-state index contributed by atoms with van der Waals surface area (Å²) in [6.07, 6.45) is 0. The maximum atomic E-state index is 12.5. The summed E-state index contributed by atoms with van der Waals surface area (Å²) in [6.45, 7) is 12.1. The van der Waals surface area contributed by atoms with Crippen molar-refractivity contribution >= 4 is 17.5 Å². The summed E-state index contributed by atoms with van der Waals surface area (Å²) < 4.78 is 0. The lowest BCUT2D eigenvalue weighted by Gasteiger charge is -2.30. The van der Waals surface area contributed by atoms with Gasteiger partial charge in [-0.25, -0.2) is 0 Å². The monoisotopic (exact) mass is 281 g/mol. The van der Waals surface area contributed by atoms with Crippen molar-refractivity contribution in [1.82, 2.24) is 5.32 Å². The Morgan fingerprint density at radius 1 is 1.16 bits per heavy atom. The molecule has 3 heteroatoms. The lowest BCUT2D eigenvalue weighted by atomic mass is 9.83. The van der Waals surface area contributed by atoms with Gasteiger partial charge in [-0.2, -0.15) is 0 Å². The van der Waals surface area contributed by atoms with E-state index in [0.29, 0.717) is 0 Å². The minimum Gasteiger partial charge on any atom is -0.346 e. The summed E-state index contributed by atoms with van der Waals surface area (Å²) in [5, 5.41) is 2.87. The van der Waals surface area contributed by atoms with Gasteiger partial charge in [-0.1, -0.05) is 39.0 Å². The van der Waals surface area contributed by atoms with E-state index in [1.165, 1.54) is 0 Å². The maximum Gasteiger partial charge on any atom is 0.252 e. The third kappa shape index (κ3) is 3.97. The average Bonchev–Trinajstić information content (AvgIpc) is 2.27. The van der Waals surface area contributed by atoms with Crippen LogP contribution in [0.3, 0.4) is 0 Å². The van der Waals surface area contributed by atoms with Crippen LogP contribution in [0.5, 0.6) is 0 Å². The van der Waals surface area contributed by atoms with Crippen LogP contribution in [0.15, 0.2) is 24.3 Å². The molecule has 1 atom stereocenters. The lowest BCUT2D eigenvalue weighted by molar-refractivity contribution is 0.0910. The van der Waals surface area contributed by atoms with Gasteiger partial charge in [0.15, 0.2) is 0 Å². The largest absolute Gasteiger partial charge is 0.346 e. The van der Waals surface area contributed by atoms with Crippen molar-refractivity contribution in [2.75, 3.05) is 0 Å². The van der Waals surface area contributed by atoms with Crippen molar-refractivity contribution in [2.45, 2.75) is 57.9 Å². The van der Waals surface area contributed by atoms with Crippen molar-refractivity contribution in [3.63, 3.8) is 0 Å². The summed E-state index contributed by atoms with van der Waals surface area (Å²) >= 11 is 6.12. The molecule has 0 saturated heterocycles. The number of amides is 1. The number of alkyl halides is 1. The van der Waals surface area contributed by atoms with E-state index in [1.807, 2.05) is 45.0 Å². The smallest absolute Gasteiger partial charge is 0.252 e. The number of carbonyl (C=O) groups is 1. The van der Waals surface area contributed by atoms with Crippen molar-refractivity contribution in [1.29, 1.82) is 0 Å². The number of rotatable bonds is 3. The van der Waals surface area contributed by atoms with Crippen LogP contribution in [-0.4, -0.2) is 16.8 Å². The van der Waals surface area contributed by atoms with Crippen LogP contribution < -0.4 is 5.32 Å². The van der Waals surface area contributed by atoms with Crippen molar-refractivity contribution < 1.29 is 4.79 Å². The fraction of sp³-hybridized carbons (Fsp3) is 0.562. The Hall–Kier alpha value is -1.02. The summed E-state index contributed by atoms with van der Waals surface area (Å²) in [6, 6.07) is 7.73. The molecular formula is C16H24ClNO. The number of halogens is 1. The molecule has 0 aliphatic carbocycles. The van der Waals surface area contributed by atoms with Gasteiger partial charge in [0.25, 0.3) is 5.91 Å². The van der Waals surface area contributed by atoms with E-state index in [-0.39, 0.29) is 16.7 Å². The van der Waals surface area contributed by atoms with Gasteiger partial charge in [0.1, 0.15) is 0 Å². The van der Waals surface area contributed by atoms with Crippen LogP contribution >= 0.6 is 11.6 Å². The highest BCUT2D eigenvalue weighted by atomic mass is 35.5. The highest BCUT2D eigenvalue weighted by Crippen LogP contribution is 2.26. The maximum absolute atomic E-state index is 12.5. The molecule has 19 heavy (non-hydrogen) atoms. The molecule has 0 saturated carbocycles. The van der Waals surface area contributed by atoms with E-state index in [2.05, 4.69) is 26.1 Å². The average molecular weight is 282 g/mol. The summed E-state index contributed by atoms with van der Waals surface area (Å²) in [5.74, 6) is -0.0666. The van der Waals surface area contributed by atoms with Gasteiger partial charge in [-0.05, 0) is 37.8 Å². The molecule has 1 aromatic carbocycles. The number of hydrogen-bond acceptors (Lipinski definition) is 1. The minimum absolute atomic E-state index is 0.0648. The van der Waals surface area contributed by atoms with E-state index in [9.17, 15) is 4.79 Å². The van der Waals surface area contributed by atoms with Crippen molar-refractivity contribution in [3.05, 3.63) is 35.4 Å². The molecule has 1 aromatic rings. The van der Waals surface area contributed by atoms with Gasteiger partial charge in [0.05, 0.1) is 10.9 Å². The van der Waals surface area contributed by atoms with E-state index in [4.69, 9.17) is 11.6 Å². The standard InChI is InChI=1S/C16H24ClNO/c1-11(17)16(5,6)18-14(19)12-9-7-8-10-13(12)15(2,3)4/h7-11H,1-6H3,(H,18,19). The molecule has 0 aliphatic rings. The number of carbonyl (C=O) groups excluding carboxylic acids is 1. The SMILES string of the molecule is CC(Cl)C(C)(C)NC(=O)c1ccccc1C(C)(C)C. The lowest BCUT2D eigenvalue weighted by Crippen LogP contribution is -2.49. The highest BCUT2D eigenvalue weighted by Gasteiger charge is 2.28. The molecule has 0 fully saturated rings. The Kier molecular flexibility index (Phi) is 4.67. The Bertz CT molecular complexity index is 458. The van der Waals surface area contributed by atoms with Gasteiger partial charge in [-0.15, -0.1) is 11.6 Å². The number of hydrogen-bond donors (Lipinski definition) is 1. The molecule has 0 aromatic heterocycles. The molecule has 1 amide bonds. The first kappa shape index (κ1) is 16.0. The molecule has 0 heterocycles. The van der Waals surface area contributed by atoms with Gasteiger partial charge in [-0.3, -0.25) is 4.79 Å². The second kappa shape index (κ2) is 5.54. The van der Waals surface area contributed by atoms with Crippen LogP contribution in [0.25, 0.3) is 0 Å². The Labute approximate surface area is 121 Å². The van der Waals surface area contributed by atoms with Crippen LogP contribution in [0, 0.1) is 0 Å². The summed E-state index contributed by atoms with van der Waals surface area (Å²) in [4.78, 5) is 12.5. The Morgan fingerprint density at radius 3 is 2.16 bits per heavy atom. The molecule has 0 bridgehead atoms. The van der Waals surface area contributed by atoms with E-state index in [0.717, 1.165) is 11.1 Å². The molecule has 2 nitrogen and oxygen atoms in total. The topological polar surface area (TPSA) is 29.1 Å². The molecule has 0 spiro atoms. The summed E-state index contributed by atoms with van der Waals surface area (Å²) in [7, 11) is 0. The fourth-order valence-corrected chi connectivity index (χ4v) is 1.85. The van der Waals surface area contributed by atoms with Crippen LogP contribution in [0.4, 0.5) is 0 Å². The van der Waals surface area contributed by atoms with Gasteiger partial charge in [0.2, 0.25) is 0 Å². The molecule has 106 valence electrons. The first-order valence-corrected chi connectivity index (χ1v) is 7.05. The molecular weight excluding hydrogens is 258 g/mol. The van der Waals surface area contributed by atoms with Gasteiger partial charge >= 0.3 is 0 Å².